The Balaban J connectivity index is 1.59. The van der Waals surface area contributed by atoms with Gasteiger partial charge in [0.25, 0.3) is 0 Å². The Bertz CT molecular complexity index is 535. The van der Waals surface area contributed by atoms with Crippen LogP contribution in [-0.2, 0) is 6.54 Å². The van der Waals surface area contributed by atoms with Crippen molar-refractivity contribution in [2.24, 2.45) is 0 Å². The van der Waals surface area contributed by atoms with Crippen molar-refractivity contribution in [3.05, 3.63) is 54.0 Å². The van der Waals surface area contributed by atoms with Gasteiger partial charge in [-0.2, -0.15) is 0 Å². The van der Waals surface area contributed by atoms with Gasteiger partial charge in [-0.25, -0.2) is 0 Å². The minimum atomic E-state index is 0.927. The highest BCUT2D eigenvalue weighted by Gasteiger charge is 2.16. The number of benzene rings is 1. The third-order valence-corrected chi connectivity index (χ3v) is 3.89. The zero-order chi connectivity index (χ0) is 13.8. The summed E-state index contributed by atoms with van der Waals surface area (Å²) in [4.78, 5) is 4.97. The van der Waals surface area contributed by atoms with Crippen LogP contribution in [-0.4, -0.2) is 31.1 Å². The van der Waals surface area contributed by atoms with Gasteiger partial charge in [-0.15, -0.1) is 0 Å². The lowest BCUT2D eigenvalue weighted by atomic mass is 10.3. The molecule has 2 aromatic rings. The number of anilines is 1. The lowest BCUT2D eigenvalue weighted by Crippen LogP contribution is -2.30. The van der Waals surface area contributed by atoms with Crippen molar-refractivity contribution in [2.75, 3.05) is 31.1 Å². The summed E-state index contributed by atoms with van der Waals surface area (Å²) >= 11 is 0. The van der Waals surface area contributed by atoms with E-state index in [-0.39, 0.29) is 0 Å². The van der Waals surface area contributed by atoms with E-state index in [1.54, 1.807) is 0 Å². The standard InChI is InChI=1S/C17H22N2O/c1-15-8-9-17(20-15)14-18-10-5-11-19(13-12-18)16-6-3-2-4-7-16/h2-4,6-9H,5,10-14H2,1H3. The molecule has 0 aliphatic carbocycles. The summed E-state index contributed by atoms with van der Waals surface area (Å²) in [6.07, 6.45) is 1.20. The summed E-state index contributed by atoms with van der Waals surface area (Å²) in [6, 6.07) is 14.8. The highest BCUT2D eigenvalue weighted by molar-refractivity contribution is 5.46. The van der Waals surface area contributed by atoms with Crippen molar-refractivity contribution in [3.63, 3.8) is 0 Å². The molecule has 0 radical (unpaired) electrons. The fourth-order valence-electron chi connectivity index (χ4n) is 2.82. The van der Waals surface area contributed by atoms with Gasteiger partial charge < -0.3 is 9.32 Å². The number of nitrogens with zero attached hydrogens (tertiary/aromatic N) is 2. The molecule has 0 unspecified atom stereocenters. The van der Waals surface area contributed by atoms with Crippen LogP contribution >= 0.6 is 0 Å². The maximum Gasteiger partial charge on any atom is 0.118 e. The van der Waals surface area contributed by atoms with Crippen LogP contribution in [0.4, 0.5) is 5.69 Å². The van der Waals surface area contributed by atoms with Crippen LogP contribution in [0.2, 0.25) is 0 Å². The van der Waals surface area contributed by atoms with Gasteiger partial charge in [0.2, 0.25) is 0 Å². The third-order valence-electron chi connectivity index (χ3n) is 3.89. The number of furan rings is 1. The van der Waals surface area contributed by atoms with Crippen LogP contribution in [0.3, 0.4) is 0 Å². The van der Waals surface area contributed by atoms with Crippen molar-refractivity contribution in [1.82, 2.24) is 4.90 Å². The SMILES string of the molecule is Cc1ccc(CN2CCCN(c3ccccc3)CC2)o1. The summed E-state index contributed by atoms with van der Waals surface area (Å²) in [5, 5.41) is 0. The van der Waals surface area contributed by atoms with E-state index in [1.165, 1.54) is 12.1 Å². The fourth-order valence-corrected chi connectivity index (χ4v) is 2.82. The van der Waals surface area contributed by atoms with Gasteiger partial charge in [0.1, 0.15) is 11.5 Å². The maximum absolute atomic E-state index is 5.68. The molecule has 3 rings (SSSR count). The normalized spacial score (nSPS) is 17.1. The Hall–Kier alpha value is -1.74. The number of para-hydroxylation sites is 1. The Morgan fingerprint density at radius 2 is 1.80 bits per heavy atom. The second-order valence-corrected chi connectivity index (χ2v) is 5.46. The van der Waals surface area contributed by atoms with Crippen molar-refractivity contribution >= 4 is 5.69 Å². The van der Waals surface area contributed by atoms with Gasteiger partial charge in [0.15, 0.2) is 0 Å². The Morgan fingerprint density at radius 3 is 2.55 bits per heavy atom. The zero-order valence-electron chi connectivity index (χ0n) is 12.1. The monoisotopic (exact) mass is 270 g/mol. The highest BCUT2D eigenvalue weighted by atomic mass is 16.3. The van der Waals surface area contributed by atoms with Crippen LogP contribution in [0.25, 0.3) is 0 Å². The molecule has 3 nitrogen and oxygen atoms in total. The fraction of sp³-hybridized carbons (Fsp3) is 0.412. The summed E-state index contributed by atoms with van der Waals surface area (Å²) in [5.41, 5.74) is 1.34. The zero-order valence-corrected chi connectivity index (χ0v) is 12.1. The van der Waals surface area contributed by atoms with Crippen molar-refractivity contribution in [1.29, 1.82) is 0 Å². The quantitative estimate of drug-likeness (QED) is 0.853. The molecule has 1 saturated heterocycles. The molecule has 1 aromatic carbocycles. The van der Waals surface area contributed by atoms with Crippen molar-refractivity contribution < 1.29 is 4.42 Å². The van der Waals surface area contributed by atoms with E-state index < -0.39 is 0 Å². The van der Waals surface area contributed by atoms with Gasteiger partial charge in [-0.05, 0) is 37.6 Å². The number of hydrogen-bond acceptors (Lipinski definition) is 3. The Kier molecular flexibility index (Phi) is 4.07. The van der Waals surface area contributed by atoms with E-state index in [0.717, 1.165) is 44.2 Å². The largest absolute Gasteiger partial charge is 0.465 e. The van der Waals surface area contributed by atoms with Gasteiger partial charge in [-0.1, -0.05) is 18.2 Å². The molecule has 0 saturated carbocycles. The molecule has 2 heterocycles. The summed E-state index contributed by atoms with van der Waals surface area (Å²) in [7, 11) is 0. The molecule has 0 bridgehead atoms. The van der Waals surface area contributed by atoms with Crippen molar-refractivity contribution in [2.45, 2.75) is 19.9 Å². The lowest BCUT2D eigenvalue weighted by Gasteiger charge is -2.23. The Labute approximate surface area is 120 Å². The summed E-state index contributed by atoms with van der Waals surface area (Å²) < 4.78 is 5.68. The molecular formula is C17H22N2O. The van der Waals surface area contributed by atoms with E-state index in [2.05, 4.69) is 46.2 Å². The van der Waals surface area contributed by atoms with E-state index >= 15 is 0 Å². The van der Waals surface area contributed by atoms with E-state index in [9.17, 15) is 0 Å². The van der Waals surface area contributed by atoms with Gasteiger partial charge in [-0.3, -0.25) is 4.90 Å². The average molecular weight is 270 g/mol. The van der Waals surface area contributed by atoms with Crippen LogP contribution in [0, 0.1) is 6.92 Å². The highest BCUT2D eigenvalue weighted by Crippen LogP contribution is 2.17. The molecule has 1 aliphatic rings. The minimum Gasteiger partial charge on any atom is -0.465 e. The Morgan fingerprint density at radius 1 is 0.950 bits per heavy atom. The topological polar surface area (TPSA) is 19.6 Å². The molecule has 3 heteroatoms. The predicted molar refractivity (Wildman–Crippen MR) is 82.0 cm³/mol. The molecular weight excluding hydrogens is 248 g/mol. The van der Waals surface area contributed by atoms with E-state index in [0.29, 0.717) is 0 Å². The first-order valence-corrected chi connectivity index (χ1v) is 7.39. The molecule has 1 aromatic heterocycles. The lowest BCUT2D eigenvalue weighted by molar-refractivity contribution is 0.258. The van der Waals surface area contributed by atoms with Crippen LogP contribution < -0.4 is 4.90 Å². The molecule has 106 valence electrons. The maximum atomic E-state index is 5.68. The van der Waals surface area contributed by atoms with E-state index in [1.807, 2.05) is 13.0 Å². The van der Waals surface area contributed by atoms with Gasteiger partial charge in [0.05, 0.1) is 6.54 Å². The average Bonchev–Trinajstić information content (AvgIpc) is 2.74. The molecule has 0 amide bonds. The second kappa shape index (κ2) is 6.14. The minimum absolute atomic E-state index is 0.927. The number of rotatable bonds is 3. The summed E-state index contributed by atoms with van der Waals surface area (Å²) in [6.45, 7) is 7.39. The number of hydrogen-bond donors (Lipinski definition) is 0. The second-order valence-electron chi connectivity index (χ2n) is 5.46. The molecule has 1 aliphatic heterocycles. The van der Waals surface area contributed by atoms with Crippen LogP contribution in [0.15, 0.2) is 46.9 Å². The summed E-state index contributed by atoms with van der Waals surface area (Å²) in [5.74, 6) is 2.08. The van der Waals surface area contributed by atoms with Crippen LogP contribution in [0.1, 0.15) is 17.9 Å². The molecule has 20 heavy (non-hydrogen) atoms. The van der Waals surface area contributed by atoms with Gasteiger partial charge >= 0.3 is 0 Å². The number of aryl methyl sites for hydroxylation is 1. The molecule has 1 fully saturated rings. The van der Waals surface area contributed by atoms with Crippen molar-refractivity contribution in [3.8, 4) is 0 Å². The molecule has 0 spiro atoms. The smallest absolute Gasteiger partial charge is 0.118 e. The van der Waals surface area contributed by atoms with Crippen LogP contribution in [0.5, 0.6) is 0 Å². The third kappa shape index (κ3) is 3.23. The first kappa shape index (κ1) is 13.3. The molecule has 0 N–H and O–H groups in total. The molecule has 0 atom stereocenters. The first-order valence-electron chi connectivity index (χ1n) is 7.39. The van der Waals surface area contributed by atoms with E-state index in [4.69, 9.17) is 4.42 Å². The predicted octanol–water partition coefficient (Wildman–Crippen LogP) is 3.30. The first-order chi connectivity index (χ1) is 9.81. The van der Waals surface area contributed by atoms with Gasteiger partial charge in [0, 0.05) is 31.9 Å².